The number of amides is 1. The number of alkyl halides is 3. The monoisotopic (exact) mass is 533 g/mol. The fraction of sp³-hybridized carbons (Fsp3) is 0.700. The number of hydrogen-bond acceptors (Lipinski definition) is 4. The molecule has 0 aromatic rings. The Morgan fingerprint density at radius 2 is 2.05 bits per heavy atom. The summed E-state index contributed by atoms with van der Waals surface area (Å²) in [6, 6.07) is -0.0464. The number of piperidine rings is 1. The third kappa shape index (κ3) is 5.48. The first-order chi connectivity index (χ1) is 18.1. The molecular weight excluding hydrogens is 491 g/mol. The van der Waals surface area contributed by atoms with E-state index in [4.69, 9.17) is 4.74 Å². The quantitative estimate of drug-likeness (QED) is 0.465. The van der Waals surface area contributed by atoms with Gasteiger partial charge in [0, 0.05) is 32.0 Å². The lowest BCUT2D eigenvalue weighted by molar-refractivity contribution is -0.116. The van der Waals surface area contributed by atoms with Crippen LogP contribution in [-0.4, -0.2) is 62.4 Å². The Hall–Kier alpha value is -2.06. The van der Waals surface area contributed by atoms with Crippen LogP contribution in [0, 0.1) is 29.1 Å². The van der Waals surface area contributed by atoms with E-state index >= 15 is 0 Å². The van der Waals surface area contributed by atoms with Crippen LogP contribution < -0.4 is 10.6 Å². The van der Waals surface area contributed by atoms with Crippen LogP contribution in [0.2, 0.25) is 0 Å². The lowest BCUT2D eigenvalue weighted by atomic mass is 9.66. The minimum Gasteiger partial charge on any atom is -0.381 e. The van der Waals surface area contributed by atoms with E-state index in [0.717, 1.165) is 62.9 Å². The van der Waals surface area contributed by atoms with Gasteiger partial charge in [-0.05, 0) is 105 Å². The molecule has 5 aliphatic rings. The predicted octanol–water partition coefficient (Wildman–Crippen LogP) is 5.13. The van der Waals surface area contributed by atoms with Gasteiger partial charge in [0.15, 0.2) is 0 Å². The summed E-state index contributed by atoms with van der Waals surface area (Å²) < 4.78 is 46.5. The molecule has 0 aromatic heterocycles. The molecule has 3 unspecified atom stereocenters. The van der Waals surface area contributed by atoms with Gasteiger partial charge < -0.3 is 20.3 Å². The number of rotatable bonds is 6. The molecule has 2 fully saturated rings. The first kappa shape index (κ1) is 27.5. The van der Waals surface area contributed by atoms with Gasteiger partial charge in [-0.2, -0.15) is 13.2 Å². The highest BCUT2D eigenvalue weighted by molar-refractivity contribution is 5.87. The van der Waals surface area contributed by atoms with E-state index in [9.17, 15) is 18.0 Å². The molecule has 8 heteroatoms. The highest BCUT2D eigenvalue weighted by Gasteiger charge is 2.47. The molecule has 0 bridgehead atoms. The number of nitrogens with one attached hydrogen (secondary N) is 2. The summed E-state index contributed by atoms with van der Waals surface area (Å²) in [5.41, 5.74) is 2.66. The van der Waals surface area contributed by atoms with E-state index in [-0.39, 0.29) is 29.2 Å². The van der Waals surface area contributed by atoms with Gasteiger partial charge in [-0.25, -0.2) is 0 Å². The van der Waals surface area contributed by atoms with Gasteiger partial charge in [0.2, 0.25) is 5.91 Å². The van der Waals surface area contributed by atoms with Crippen molar-refractivity contribution in [3.05, 3.63) is 46.7 Å². The first-order valence-corrected chi connectivity index (χ1v) is 14.4. The van der Waals surface area contributed by atoms with Crippen molar-refractivity contribution in [1.29, 1.82) is 0 Å². The van der Waals surface area contributed by atoms with Crippen LogP contribution in [0.3, 0.4) is 0 Å². The molecule has 3 heterocycles. The number of likely N-dealkylation sites (tertiary alicyclic amines) is 1. The minimum absolute atomic E-state index is 0.0277. The second-order valence-electron chi connectivity index (χ2n) is 12.1. The zero-order valence-corrected chi connectivity index (χ0v) is 22.9. The lowest BCUT2D eigenvalue weighted by Crippen LogP contribution is -2.46. The topological polar surface area (TPSA) is 53.6 Å². The van der Waals surface area contributed by atoms with Crippen molar-refractivity contribution in [2.24, 2.45) is 29.1 Å². The summed E-state index contributed by atoms with van der Waals surface area (Å²) in [6.45, 7) is 11.1. The van der Waals surface area contributed by atoms with Crippen LogP contribution in [0.5, 0.6) is 0 Å². The summed E-state index contributed by atoms with van der Waals surface area (Å²) in [5, 5.41) is 6.48. The van der Waals surface area contributed by atoms with Crippen LogP contribution >= 0.6 is 0 Å². The molecular formula is C30H42F3N3O2. The highest BCUT2D eigenvalue weighted by Crippen LogP contribution is 2.51. The Morgan fingerprint density at radius 1 is 1.29 bits per heavy atom. The normalized spacial score (nSPS) is 33.2. The van der Waals surface area contributed by atoms with Crippen molar-refractivity contribution in [3.63, 3.8) is 0 Å². The maximum atomic E-state index is 13.6. The fourth-order valence-electron chi connectivity index (χ4n) is 7.49. The van der Waals surface area contributed by atoms with E-state index < -0.39 is 11.7 Å². The molecule has 3 aliphatic heterocycles. The van der Waals surface area contributed by atoms with Crippen molar-refractivity contribution in [2.45, 2.75) is 65.1 Å². The first-order valence-electron chi connectivity index (χ1n) is 14.4. The number of likely N-dealkylation sites (N-methyl/N-ethyl adjacent to an activating group) is 1. The molecule has 2 aliphatic carbocycles. The third-order valence-corrected chi connectivity index (χ3v) is 9.72. The standard InChI is InChI=1S/C30H42F3N3O2/c1-4-34-26(37)5-7-29(9-13-38-14-10-29)8-12-36-11-6-21-16-25-27(20(3)24(21)18-36)23-17-22(30(31,32)33)15-19(2)28(23)35-25/h5,7,15,17,19-21,24,28,35H,4,6,8-14,16,18H2,1-3H3,(H,34,37)/b7-5+/t19?,20-,21-,24?,28?/m1/s1. The fourth-order valence-corrected chi connectivity index (χ4v) is 7.49. The molecule has 1 amide bonds. The van der Waals surface area contributed by atoms with Crippen LogP contribution in [0.4, 0.5) is 13.2 Å². The summed E-state index contributed by atoms with van der Waals surface area (Å²) in [5.74, 6) is 0.998. The second-order valence-corrected chi connectivity index (χ2v) is 12.1. The van der Waals surface area contributed by atoms with Crippen molar-refractivity contribution in [1.82, 2.24) is 15.5 Å². The predicted molar refractivity (Wildman–Crippen MR) is 142 cm³/mol. The van der Waals surface area contributed by atoms with Gasteiger partial charge in [0.05, 0.1) is 11.6 Å². The molecule has 0 radical (unpaired) electrons. The number of allylic oxidation sites excluding steroid dienone is 4. The number of halogens is 3. The Balaban J connectivity index is 1.28. The molecule has 2 saturated heterocycles. The van der Waals surface area contributed by atoms with Gasteiger partial charge in [-0.3, -0.25) is 4.79 Å². The van der Waals surface area contributed by atoms with Crippen molar-refractivity contribution in [3.8, 4) is 0 Å². The highest BCUT2D eigenvalue weighted by atomic mass is 19.4. The Kier molecular flexibility index (Phi) is 7.84. The summed E-state index contributed by atoms with van der Waals surface area (Å²) in [7, 11) is 0. The molecule has 38 heavy (non-hydrogen) atoms. The summed E-state index contributed by atoms with van der Waals surface area (Å²) >= 11 is 0. The second kappa shape index (κ2) is 10.8. The number of ether oxygens (including phenoxy) is 1. The molecule has 5 rings (SSSR count). The molecule has 0 saturated carbocycles. The van der Waals surface area contributed by atoms with Gasteiger partial charge in [-0.1, -0.05) is 26.0 Å². The molecule has 0 spiro atoms. The maximum Gasteiger partial charge on any atom is 0.416 e. The van der Waals surface area contributed by atoms with Gasteiger partial charge in [-0.15, -0.1) is 0 Å². The number of fused-ring (bicyclic) bond motifs is 3. The Labute approximate surface area is 224 Å². The van der Waals surface area contributed by atoms with E-state index in [2.05, 4.69) is 28.5 Å². The Bertz CT molecular complexity index is 1040. The van der Waals surface area contributed by atoms with Crippen molar-refractivity contribution < 1.29 is 22.7 Å². The number of carbonyl (C=O) groups excluding carboxylic acids is 1. The van der Waals surface area contributed by atoms with Gasteiger partial charge >= 0.3 is 6.18 Å². The van der Waals surface area contributed by atoms with E-state index in [1.807, 2.05) is 13.8 Å². The van der Waals surface area contributed by atoms with Gasteiger partial charge in [0.25, 0.3) is 0 Å². The SMILES string of the molecule is CCNC(=O)/C=C/C1(CCN2CC[C@@H]3CC4=C(C5=CC(C(F)(F)F)=CC(C)C5N4)[C@H](C)C3C2)CCOCC1. The van der Waals surface area contributed by atoms with Crippen LogP contribution in [0.15, 0.2) is 46.7 Å². The lowest BCUT2D eigenvalue weighted by Gasteiger charge is -2.46. The number of nitrogens with zero attached hydrogens (tertiary/aromatic N) is 1. The molecule has 210 valence electrons. The Morgan fingerprint density at radius 3 is 2.76 bits per heavy atom. The van der Waals surface area contributed by atoms with E-state index in [0.29, 0.717) is 31.6 Å². The molecule has 0 aromatic carbocycles. The minimum atomic E-state index is -4.32. The van der Waals surface area contributed by atoms with E-state index in [1.54, 1.807) is 6.08 Å². The summed E-state index contributed by atoms with van der Waals surface area (Å²) in [4.78, 5) is 14.6. The molecule has 5 nitrogen and oxygen atoms in total. The number of hydrogen-bond donors (Lipinski definition) is 2. The average Bonchev–Trinajstić information content (AvgIpc) is 3.26. The average molecular weight is 534 g/mol. The molecule has 2 N–H and O–H groups in total. The largest absolute Gasteiger partial charge is 0.416 e. The summed E-state index contributed by atoms with van der Waals surface area (Å²) in [6.07, 6.45) is 7.17. The van der Waals surface area contributed by atoms with Crippen molar-refractivity contribution >= 4 is 5.91 Å². The smallest absolute Gasteiger partial charge is 0.381 e. The van der Waals surface area contributed by atoms with Gasteiger partial charge in [0.1, 0.15) is 0 Å². The number of carbonyl (C=O) groups is 1. The van der Waals surface area contributed by atoms with Crippen LogP contribution in [-0.2, 0) is 9.53 Å². The third-order valence-electron chi connectivity index (χ3n) is 9.72. The van der Waals surface area contributed by atoms with Crippen LogP contribution in [0.1, 0.15) is 52.9 Å². The zero-order chi connectivity index (χ0) is 27.1. The molecule has 5 atom stereocenters. The maximum absolute atomic E-state index is 13.6. The van der Waals surface area contributed by atoms with Crippen LogP contribution in [0.25, 0.3) is 0 Å². The van der Waals surface area contributed by atoms with E-state index in [1.165, 1.54) is 17.8 Å². The zero-order valence-electron chi connectivity index (χ0n) is 22.9. The van der Waals surface area contributed by atoms with Crippen molar-refractivity contribution in [2.75, 3.05) is 39.4 Å².